The Bertz CT molecular complexity index is 324. The molecule has 3 nitrogen and oxygen atoms in total. The molecule has 86 valence electrons. The van der Waals surface area contributed by atoms with Crippen molar-refractivity contribution in [3.63, 3.8) is 0 Å². The van der Waals surface area contributed by atoms with Gasteiger partial charge in [-0.1, -0.05) is 0 Å². The van der Waals surface area contributed by atoms with Gasteiger partial charge in [-0.25, -0.2) is 4.98 Å². The van der Waals surface area contributed by atoms with E-state index >= 15 is 0 Å². The maximum absolute atomic E-state index is 12.1. The van der Waals surface area contributed by atoms with E-state index in [0.717, 1.165) is 11.3 Å². The maximum Gasteiger partial charge on any atom is 0.420 e. The van der Waals surface area contributed by atoms with Crippen LogP contribution in [-0.2, 0) is 6.54 Å². The summed E-state index contributed by atoms with van der Waals surface area (Å²) in [6, 6.07) is 0. The monoisotopic (exact) mass is 240 g/mol. The second kappa shape index (κ2) is 4.46. The van der Waals surface area contributed by atoms with Crippen molar-refractivity contribution >= 4 is 11.3 Å². The molecule has 0 spiro atoms. The Morgan fingerprint density at radius 1 is 1.53 bits per heavy atom. The van der Waals surface area contributed by atoms with Gasteiger partial charge in [0.25, 0.3) is 0 Å². The molecule has 0 saturated carbocycles. The summed E-state index contributed by atoms with van der Waals surface area (Å²) in [6.07, 6.45) is -5.76. The lowest BCUT2D eigenvalue weighted by Crippen LogP contribution is -2.19. The molecule has 0 aliphatic rings. The molecule has 0 aromatic carbocycles. The van der Waals surface area contributed by atoms with E-state index in [1.54, 1.807) is 14.1 Å². The van der Waals surface area contributed by atoms with Crippen molar-refractivity contribution in [1.29, 1.82) is 0 Å². The zero-order valence-corrected chi connectivity index (χ0v) is 9.06. The predicted octanol–water partition coefficient (Wildman–Crippen LogP) is 1.80. The van der Waals surface area contributed by atoms with Gasteiger partial charge in [-0.05, 0) is 14.1 Å². The zero-order chi connectivity index (χ0) is 11.6. The van der Waals surface area contributed by atoms with E-state index in [1.165, 1.54) is 6.20 Å². The highest BCUT2D eigenvalue weighted by molar-refractivity contribution is 7.11. The van der Waals surface area contributed by atoms with Crippen molar-refractivity contribution in [2.45, 2.75) is 18.8 Å². The van der Waals surface area contributed by atoms with Gasteiger partial charge in [0.1, 0.15) is 5.01 Å². The van der Waals surface area contributed by atoms with Crippen LogP contribution in [0.1, 0.15) is 16.0 Å². The van der Waals surface area contributed by atoms with Crippen LogP contribution in [0.2, 0.25) is 0 Å². The molecule has 1 N–H and O–H groups in total. The predicted molar refractivity (Wildman–Crippen MR) is 50.5 cm³/mol. The van der Waals surface area contributed by atoms with Crippen LogP contribution in [0.15, 0.2) is 6.20 Å². The molecule has 1 rings (SSSR count). The lowest BCUT2D eigenvalue weighted by Gasteiger charge is -2.11. The first-order valence-electron chi connectivity index (χ1n) is 4.15. The summed E-state index contributed by atoms with van der Waals surface area (Å²) in [5.74, 6) is 0. The molecule has 1 aromatic rings. The van der Waals surface area contributed by atoms with Crippen LogP contribution in [0.5, 0.6) is 0 Å². The van der Waals surface area contributed by atoms with Crippen LogP contribution >= 0.6 is 11.3 Å². The highest BCUT2D eigenvalue weighted by atomic mass is 32.1. The third-order valence-electron chi connectivity index (χ3n) is 1.59. The average molecular weight is 240 g/mol. The molecule has 0 saturated heterocycles. The molecular formula is C8H11F3N2OS. The number of aliphatic hydroxyl groups is 1. The summed E-state index contributed by atoms with van der Waals surface area (Å²) >= 11 is 0.873. The minimum absolute atomic E-state index is 0.306. The molecule has 1 aromatic heterocycles. The minimum atomic E-state index is -4.65. The molecule has 0 amide bonds. The minimum Gasteiger partial charge on any atom is -0.377 e. The van der Waals surface area contributed by atoms with E-state index in [2.05, 4.69) is 4.98 Å². The first-order valence-corrected chi connectivity index (χ1v) is 4.96. The van der Waals surface area contributed by atoms with Crippen molar-refractivity contribution in [3.05, 3.63) is 16.1 Å². The summed E-state index contributed by atoms with van der Waals surface area (Å²) in [5, 5.41) is 8.61. The van der Waals surface area contributed by atoms with E-state index in [9.17, 15) is 13.2 Å². The Morgan fingerprint density at radius 3 is 2.60 bits per heavy atom. The van der Waals surface area contributed by atoms with Crippen LogP contribution in [0.25, 0.3) is 0 Å². The largest absolute Gasteiger partial charge is 0.420 e. The lowest BCUT2D eigenvalue weighted by atomic mass is 10.4. The van der Waals surface area contributed by atoms with Crippen LogP contribution in [-0.4, -0.2) is 35.3 Å². The number of hydrogen-bond donors (Lipinski definition) is 1. The topological polar surface area (TPSA) is 36.4 Å². The zero-order valence-electron chi connectivity index (χ0n) is 8.25. The van der Waals surface area contributed by atoms with Crippen molar-refractivity contribution < 1.29 is 18.3 Å². The van der Waals surface area contributed by atoms with Gasteiger partial charge in [0.2, 0.25) is 6.10 Å². The first-order chi connectivity index (χ1) is 6.80. The summed E-state index contributed by atoms with van der Waals surface area (Å²) in [4.78, 5) is 6.07. The second-order valence-corrected chi connectivity index (χ2v) is 4.49. The number of alkyl halides is 3. The van der Waals surface area contributed by atoms with Gasteiger partial charge in [0, 0.05) is 17.6 Å². The molecule has 0 radical (unpaired) electrons. The normalized spacial score (nSPS) is 14.6. The van der Waals surface area contributed by atoms with Gasteiger partial charge < -0.3 is 10.0 Å². The summed E-state index contributed by atoms with van der Waals surface area (Å²) in [7, 11) is 3.61. The van der Waals surface area contributed by atoms with Crippen LogP contribution in [0.3, 0.4) is 0 Å². The lowest BCUT2D eigenvalue weighted by molar-refractivity contribution is -0.206. The fourth-order valence-corrected chi connectivity index (χ4v) is 2.02. The fourth-order valence-electron chi connectivity index (χ4n) is 0.974. The maximum atomic E-state index is 12.1. The van der Waals surface area contributed by atoms with Crippen molar-refractivity contribution in [2.24, 2.45) is 0 Å². The van der Waals surface area contributed by atoms with E-state index < -0.39 is 12.3 Å². The molecule has 0 fully saturated rings. The number of halogens is 3. The van der Waals surface area contributed by atoms with Gasteiger partial charge in [-0.3, -0.25) is 0 Å². The second-order valence-electron chi connectivity index (χ2n) is 3.35. The third kappa shape index (κ3) is 3.44. The smallest absolute Gasteiger partial charge is 0.377 e. The molecule has 1 heterocycles. The number of thiazole rings is 1. The Morgan fingerprint density at radius 2 is 2.13 bits per heavy atom. The Balaban J connectivity index is 2.76. The molecule has 7 heteroatoms. The number of rotatable bonds is 3. The molecule has 0 aliphatic heterocycles. The average Bonchev–Trinajstić information content (AvgIpc) is 2.48. The number of nitrogens with zero attached hydrogens (tertiary/aromatic N) is 2. The Hall–Kier alpha value is -0.660. The van der Waals surface area contributed by atoms with Gasteiger partial charge in [0.05, 0.1) is 0 Å². The molecule has 0 bridgehead atoms. The molecule has 0 unspecified atom stereocenters. The number of hydrogen-bond acceptors (Lipinski definition) is 4. The highest BCUT2D eigenvalue weighted by Crippen LogP contribution is 2.34. The highest BCUT2D eigenvalue weighted by Gasteiger charge is 2.41. The number of aliphatic hydroxyl groups excluding tert-OH is 1. The number of aromatic nitrogens is 1. The van der Waals surface area contributed by atoms with Gasteiger partial charge in [-0.2, -0.15) is 13.2 Å². The van der Waals surface area contributed by atoms with E-state index in [0.29, 0.717) is 11.4 Å². The van der Waals surface area contributed by atoms with E-state index in [1.807, 2.05) is 4.90 Å². The SMILES string of the molecule is CN(C)Cc1cnc([C@@H](O)C(F)(F)F)s1. The molecule has 0 aliphatic carbocycles. The van der Waals surface area contributed by atoms with Crippen molar-refractivity contribution in [3.8, 4) is 0 Å². The molecular weight excluding hydrogens is 229 g/mol. The Labute approximate surface area is 89.2 Å². The van der Waals surface area contributed by atoms with Gasteiger partial charge in [0.15, 0.2) is 0 Å². The van der Waals surface area contributed by atoms with Crippen LogP contribution < -0.4 is 0 Å². The third-order valence-corrected chi connectivity index (χ3v) is 2.62. The quantitative estimate of drug-likeness (QED) is 0.875. The summed E-state index contributed by atoms with van der Waals surface area (Å²) in [5.41, 5.74) is 0. The molecule has 1 atom stereocenters. The molecule has 15 heavy (non-hydrogen) atoms. The Kier molecular flexibility index (Phi) is 3.69. The summed E-state index contributed by atoms with van der Waals surface area (Å²) in [6.45, 7) is 0.516. The fraction of sp³-hybridized carbons (Fsp3) is 0.625. The standard InChI is InChI=1S/C8H11F3N2OS/c1-13(2)4-5-3-12-7(15-5)6(14)8(9,10)11/h3,6,14H,4H2,1-2H3/t6-/m1/s1. The van der Waals surface area contributed by atoms with Crippen LogP contribution in [0.4, 0.5) is 13.2 Å². The van der Waals surface area contributed by atoms with Crippen molar-refractivity contribution in [1.82, 2.24) is 9.88 Å². The van der Waals surface area contributed by atoms with Crippen LogP contribution in [0, 0.1) is 0 Å². The van der Waals surface area contributed by atoms with Crippen molar-refractivity contribution in [2.75, 3.05) is 14.1 Å². The van der Waals surface area contributed by atoms with E-state index in [4.69, 9.17) is 5.11 Å². The van der Waals surface area contributed by atoms with Gasteiger partial charge >= 0.3 is 6.18 Å². The first kappa shape index (κ1) is 12.4. The van der Waals surface area contributed by atoms with E-state index in [-0.39, 0.29) is 5.01 Å². The summed E-state index contributed by atoms with van der Waals surface area (Å²) < 4.78 is 36.3. The van der Waals surface area contributed by atoms with Gasteiger partial charge in [-0.15, -0.1) is 11.3 Å².